The van der Waals surface area contributed by atoms with E-state index < -0.39 is 5.79 Å². The molecule has 1 aliphatic heterocycles. The van der Waals surface area contributed by atoms with E-state index in [0.717, 1.165) is 6.26 Å². The standard InChI is InChI=1S/C25H36O4/c1-6-15-7-8-16-20-17(9-10-24(15,16)4)25(5)12-14(13-26)19(27)11-18(25)21-22(20)29-23(2,3)28-21/h6,13,16-18,20-22,26H,7-12H2,1-5H3/b14-13+,15-6+/t16-,17-,18+,20-,21+,22+,24+,25+/m0/s1. The van der Waals surface area contributed by atoms with Gasteiger partial charge in [0.15, 0.2) is 11.6 Å². The average molecular weight is 401 g/mol. The highest BCUT2D eigenvalue weighted by Crippen LogP contribution is 2.69. The van der Waals surface area contributed by atoms with Gasteiger partial charge < -0.3 is 14.6 Å². The summed E-state index contributed by atoms with van der Waals surface area (Å²) in [5.41, 5.74) is 2.46. The maximum Gasteiger partial charge on any atom is 0.163 e. The number of carbonyl (C=O) groups is 1. The van der Waals surface area contributed by atoms with Gasteiger partial charge in [0, 0.05) is 17.9 Å². The fraction of sp³-hybridized carbons (Fsp3) is 0.800. The average Bonchev–Trinajstić information content (AvgIpc) is 3.17. The zero-order valence-corrected chi connectivity index (χ0v) is 18.5. The fourth-order valence-electron chi connectivity index (χ4n) is 8.39. The van der Waals surface area contributed by atoms with Crippen LogP contribution in [-0.4, -0.2) is 28.9 Å². The molecule has 0 radical (unpaired) electrons. The van der Waals surface area contributed by atoms with Crippen molar-refractivity contribution < 1.29 is 19.4 Å². The van der Waals surface area contributed by atoms with Crippen molar-refractivity contribution in [2.24, 2.45) is 34.5 Å². The molecule has 4 aliphatic carbocycles. The monoisotopic (exact) mass is 400 g/mol. The molecule has 0 bridgehead atoms. The van der Waals surface area contributed by atoms with Crippen LogP contribution in [0.15, 0.2) is 23.5 Å². The van der Waals surface area contributed by atoms with Crippen LogP contribution in [0.2, 0.25) is 0 Å². The van der Waals surface area contributed by atoms with E-state index in [4.69, 9.17) is 9.47 Å². The molecular formula is C25H36O4. The number of aliphatic hydroxyl groups is 1. The summed E-state index contributed by atoms with van der Waals surface area (Å²) in [6.45, 7) is 11.1. The van der Waals surface area contributed by atoms with Gasteiger partial charge in [-0.25, -0.2) is 0 Å². The van der Waals surface area contributed by atoms with Gasteiger partial charge >= 0.3 is 0 Å². The molecule has 5 aliphatic rings. The summed E-state index contributed by atoms with van der Waals surface area (Å²) in [5.74, 6) is 1.21. The van der Waals surface area contributed by atoms with Crippen LogP contribution in [0.1, 0.15) is 73.1 Å². The summed E-state index contributed by atoms with van der Waals surface area (Å²) >= 11 is 0. The number of ketones is 1. The number of fused-ring (bicyclic) bond motifs is 8. The Balaban J connectivity index is 1.62. The summed E-state index contributed by atoms with van der Waals surface area (Å²) < 4.78 is 13.1. The Bertz CT molecular complexity index is 795. The number of Topliss-reactive ketones (excluding diaryl/α,β-unsaturated/α-hetero) is 1. The third-order valence-electron chi connectivity index (χ3n) is 9.65. The van der Waals surface area contributed by atoms with Crippen molar-refractivity contribution >= 4 is 5.78 Å². The highest BCUT2D eigenvalue weighted by atomic mass is 16.8. The Labute approximate surface area is 174 Å². The zero-order valence-electron chi connectivity index (χ0n) is 18.5. The van der Waals surface area contributed by atoms with Gasteiger partial charge in [0.25, 0.3) is 0 Å². The van der Waals surface area contributed by atoms with Crippen LogP contribution in [0.4, 0.5) is 0 Å². The molecule has 4 nitrogen and oxygen atoms in total. The zero-order chi connectivity index (χ0) is 20.8. The predicted octanol–water partition coefficient (Wildman–Crippen LogP) is 5.34. The smallest absolute Gasteiger partial charge is 0.163 e. The molecule has 160 valence electrons. The Morgan fingerprint density at radius 2 is 1.76 bits per heavy atom. The summed E-state index contributed by atoms with van der Waals surface area (Å²) in [7, 11) is 0. The molecule has 5 rings (SSSR count). The first-order valence-corrected chi connectivity index (χ1v) is 11.5. The fourth-order valence-corrected chi connectivity index (χ4v) is 8.39. The Morgan fingerprint density at radius 1 is 1.03 bits per heavy atom. The largest absolute Gasteiger partial charge is 0.515 e. The number of carbonyl (C=O) groups excluding carboxylic acids is 1. The van der Waals surface area contributed by atoms with Gasteiger partial charge in [-0.1, -0.05) is 25.5 Å². The van der Waals surface area contributed by atoms with Crippen molar-refractivity contribution in [1.29, 1.82) is 0 Å². The lowest BCUT2D eigenvalue weighted by atomic mass is 9.43. The summed E-state index contributed by atoms with van der Waals surface area (Å²) in [5, 5.41) is 9.74. The quantitative estimate of drug-likeness (QED) is 0.339. The number of aliphatic hydroxyl groups excluding tert-OH is 1. The highest BCUT2D eigenvalue weighted by Gasteiger charge is 2.68. The second-order valence-corrected chi connectivity index (χ2v) is 11.2. The molecule has 0 aromatic carbocycles. The predicted molar refractivity (Wildman–Crippen MR) is 111 cm³/mol. The second kappa shape index (κ2) is 6.20. The Morgan fingerprint density at radius 3 is 2.45 bits per heavy atom. The molecule has 1 saturated heterocycles. The molecule has 29 heavy (non-hydrogen) atoms. The van der Waals surface area contributed by atoms with Crippen molar-refractivity contribution in [2.75, 3.05) is 0 Å². The summed E-state index contributed by atoms with van der Waals surface area (Å²) in [6.07, 6.45) is 9.41. The SMILES string of the molecule is C/C=C1\CC[C@H]2[C@@H]3[C@H]4OC(C)(C)O[C@@H]4[C@H]4CC(=O)/C(=C/O)C[C@]4(C)[C@H]3CC[C@]12C. The summed E-state index contributed by atoms with van der Waals surface area (Å²) in [6, 6.07) is 0. The van der Waals surface area contributed by atoms with Crippen LogP contribution in [-0.2, 0) is 14.3 Å². The molecule has 0 spiro atoms. The van der Waals surface area contributed by atoms with E-state index in [1.54, 1.807) is 5.57 Å². The molecule has 0 aromatic heterocycles. The van der Waals surface area contributed by atoms with Crippen molar-refractivity contribution in [3.8, 4) is 0 Å². The number of hydrogen-bond acceptors (Lipinski definition) is 4. The van der Waals surface area contributed by atoms with Crippen molar-refractivity contribution in [3.05, 3.63) is 23.5 Å². The van der Waals surface area contributed by atoms with E-state index in [2.05, 4.69) is 26.8 Å². The molecule has 4 heteroatoms. The van der Waals surface area contributed by atoms with Gasteiger partial charge in [0.2, 0.25) is 0 Å². The van der Waals surface area contributed by atoms with Gasteiger partial charge in [0.1, 0.15) is 0 Å². The van der Waals surface area contributed by atoms with E-state index in [-0.39, 0.29) is 34.7 Å². The topological polar surface area (TPSA) is 55.8 Å². The second-order valence-electron chi connectivity index (χ2n) is 11.2. The maximum absolute atomic E-state index is 12.7. The molecule has 0 unspecified atom stereocenters. The van der Waals surface area contributed by atoms with Crippen LogP contribution >= 0.6 is 0 Å². The normalized spacial score (nSPS) is 53.5. The van der Waals surface area contributed by atoms with Gasteiger partial charge in [0.05, 0.1) is 18.5 Å². The van der Waals surface area contributed by atoms with E-state index in [1.807, 2.05) is 13.8 Å². The van der Waals surface area contributed by atoms with Crippen molar-refractivity contribution in [3.63, 3.8) is 0 Å². The summed E-state index contributed by atoms with van der Waals surface area (Å²) in [4.78, 5) is 12.7. The molecule has 8 atom stereocenters. The van der Waals surface area contributed by atoms with E-state index >= 15 is 0 Å². The van der Waals surface area contributed by atoms with E-state index in [9.17, 15) is 9.90 Å². The number of allylic oxidation sites excluding steroid dienone is 3. The van der Waals surface area contributed by atoms with Crippen LogP contribution in [0, 0.1) is 34.5 Å². The first kappa shape index (κ1) is 19.8. The van der Waals surface area contributed by atoms with Crippen LogP contribution in [0.25, 0.3) is 0 Å². The third-order valence-corrected chi connectivity index (χ3v) is 9.65. The minimum absolute atomic E-state index is 0.0297. The van der Waals surface area contributed by atoms with Crippen LogP contribution in [0.5, 0.6) is 0 Å². The first-order chi connectivity index (χ1) is 13.6. The molecular weight excluding hydrogens is 364 g/mol. The van der Waals surface area contributed by atoms with Crippen molar-refractivity contribution in [2.45, 2.75) is 91.1 Å². The number of ether oxygens (including phenoxy) is 2. The Kier molecular flexibility index (Phi) is 4.23. The van der Waals surface area contributed by atoms with Crippen LogP contribution < -0.4 is 0 Å². The first-order valence-electron chi connectivity index (χ1n) is 11.5. The lowest BCUT2D eigenvalue weighted by Crippen LogP contribution is -2.63. The van der Waals surface area contributed by atoms with Gasteiger partial charge in [-0.05, 0) is 81.5 Å². The lowest BCUT2D eigenvalue weighted by Gasteiger charge is -2.62. The Hall–Kier alpha value is -1.13. The highest BCUT2D eigenvalue weighted by molar-refractivity contribution is 5.96. The molecule has 1 N–H and O–H groups in total. The minimum atomic E-state index is -0.600. The van der Waals surface area contributed by atoms with Gasteiger partial charge in [-0.3, -0.25) is 4.79 Å². The molecule has 1 heterocycles. The molecule has 0 amide bonds. The third kappa shape index (κ3) is 2.54. The number of rotatable bonds is 0. The van der Waals surface area contributed by atoms with E-state index in [0.29, 0.717) is 36.2 Å². The number of hydrogen-bond donors (Lipinski definition) is 1. The van der Waals surface area contributed by atoms with E-state index in [1.165, 1.54) is 25.7 Å². The molecule has 0 aromatic rings. The lowest BCUT2D eigenvalue weighted by molar-refractivity contribution is -0.169. The van der Waals surface area contributed by atoms with Gasteiger partial charge in [-0.15, -0.1) is 0 Å². The molecule has 4 saturated carbocycles. The van der Waals surface area contributed by atoms with Gasteiger partial charge in [-0.2, -0.15) is 0 Å². The maximum atomic E-state index is 12.7. The molecule has 5 fully saturated rings. The van der Waals surface area contributed by atoms with Crippen molar-refractivity contribution in [1.82, 2.24) is 0 Å². The minimum Gasteiger partial charge on any atom is -0.515 e. The van der Waals surface area contributed by atoms with Crippen LogP contribution in [0.3, 0.4) is 0 Å².